The maximum absolute atomic E-state index is 12.9. The largest absolute Gasteiger partial charge is 0.360 e. The Hall–Kier alpha value is -3.41. The van der Waals surface area contributed by atoms with Crippen LogP contribution in [0.4, 0.5) is 5.69 Å². The Balaban J connectivity index is 1.58. The Kier molecular flexibility index (Phi) is 6.63. The van der Waals surface area contributed by atoms with Crippen LogP contribution in [0.3, 0.4) is 0 Å². The van der Waals surface area contributed by atoms with Crippen molar-refractivity contribution in [2.45, 2.75) is 37.5 Å². The first kappa shape index (κ1) is 22.8. The molecule has 2 N–H and O–H groups in total. The van der Waals surface area contributed by atoms with E-state index in [0.717, 1.165) is 47.7 Å². The summed E-state index contributed by atoms with van der Waals surface area (Å²) in [4.78, 5) is 16.2. The zero-order valence-electron chi connectivity index (χ0n) is 18.5. The number of aromatic nitrogens is 1. The molecule has 2 aromatic carbocycles. The van der Waals surface area contributed by atoms with Crippen LogP contribution in [-0.4, -0.2) is 36.7 Å². The lowest BCUT2D eigenvalue weighted by molar-refractivity contribution is -0.112. The van der Waals surface area contributed by atoms with Crippen LogP contribution in [0.25, 0.3) is 17.0 Å². The molecule has 1 amide bonds. The van der Waals surface area contributed by atoms with Crippen LogP contribution in [0.15, 0.2) is 59.1 Å². The van der Waals surface area contributed by atoms with Gasteiger partial charge in [-0.25, -0.2) is 8.42 Å². The normalized spacial score (nSPS) is 15.3. The highest BCUT2D eigenvalue weighted by molar-refractivity contribution is 7.89. The molecule has 0 aliphatic carbocycles. The molecule has 4 rings (SSSR count). The number of H-pyrrole nitrogens is 1. The number of anilines is 1. The average Bonchev–Trinajstić information content (AvgIpc) is 3.26. The third-order valence-electron chi connectivity index (χ3n) is 5.92. The number of nitrogens with one attached hydrogen (secondary N) is 2. The Morgan fingerprint density at radius 2 is 1.94 bits per heavy atom. The molecule has 1 fully saturated rings. The van der Waals surface area contributed by atoms with Gasteiger partial charge in [-0.15, -0.1) is 0 Å². The monoisotopic (exact) mass is 462 g/mol. The fourth-order valence-corrected chi connectivity index (χ4v) is 5.71. The van der Waals surface area contributed by atoms with Crippen LogP contribution in [0.2, 0.25) is 0 Å². The van der Waals surface area contributed by atoms with Crippen molar-refractivity contribution in [3.8, 4) is 6.07 Å². The van der Waals surface area contributed by atoms with Gasteiger partial charge in [0.25, 0.3) is 5.91 Å². The van der Waals surface area contributed by atoms with Gasteiger partial charge in [0.15, 0.2) is 0 Å². The van der Waals surface area contributed by atoms with Crippen molar-refractivity contribution in [2.24, 2.45) is 0 Å². The molecular formula is C25H26N4O3S. The number of hydrogen-bond donors (Lipinski definition) is 2. The molecule has 8 heteroatoms. The number of hydrogen-bond acceptors (Lipinski definition) is 4. The second-order valence-corrected chi connectivity index (χ2v) is 9.99. The Morgan fingerprint density at radius 3 is 2.67 bits per heavy atom. The highest BCUT2D eigenvalue weighted by Crippen LogP contribution is 2.25. The van der Waals surface area contributed by atoms with E-state index < -0.39 is 15.9 Å². The first-order valence-corrected chi connectivity index (χ1v) is 12.5. The van der Waals surface area contributed by atoms with Gasteiger partial charge < -0.3 is 10.3 Å². The van der Waals surface area contributed by atoms with Crippen LogP contribution in [0, 0.1) is 11.3 Å². The van der Waals surface area contributed by atoms with Gasteiger partial charge in [-0.05, 0) is 49.1 Å². The van der Waals surface area contributed by atoms with E-state index in [2.05, 4.69) is 17.2 Å². The van der Waals surface area contributed by atoms with E-state index in [1.165, 1.54) is 16.4 Å². The van der Waals surface area contributed by atoms with E-state index in [4.69, 9.17) is 0 Å². The number of para-hydroxylation sites is 1. The Morgan fingerprint density at radius 1 is 1.18 bits per heavy atom. The molecule has 1 saturated heterocycles. The number of piperidine rings is 1. The molecule has 0 atom stereocenters. The summed E-state index contributed by atoms with van der Waals surface area (Å²) in [6, 6.07) is 14.1. The van der Waals surface area contributed by atoms with Crippen molar-refractivity contribution >= 4 is 38.6 Å². The predicted molar refractivity (Wildman–Crippen MR) is 129 cm³/mol. The molecule has 0 bridgehead atoms. The van der Waals surface area contributed by atoms with Gasteiger partial charge in [-0.3, -0.25) is 4.79 Å². The minimum absolute atomic E-state index is 0.0675. The Labute approximate surface area is 193 Å². The third-order valence-corrected chi connectivity index (χ3v) is 7.82. The molecule has 7 nitrogen and oxygen atoms in total. The number of amides is 1. The van der Waals surface area contributed by atoms with Crippen LogP contribution >= 0.6 is 0 Å². The molecule has 3 aromatic rings. The first-order chi connectivity index (χ1) is 15.9. The van der Waals surface area contributed by atoms with E-state index in [-0.39, 0.29) is 10.5 Å². The van der Waals surface area contributed by atoms with Crippen LogP contribution in [0.1, 0.15) is 37.3 Å². The predicted octanol–water partition coefficient (Wildman–Crippen LogP) is 4.45. The van der Waals surface area contributed by atoms with Gasteiger partial charge in [-0.1, -0.05) is 37.6 Å². The third kappa shape index (κ3) is 4.70. The molecule has 2 heterocycles. The summed E-state index contributed by atoms with van der Waals surface area (Å²) in [5, 5.41) is 13.2. The molecule has 170 valence electrons. The lowest BCUT2D eigenvalue weighted by Crippen LogP contribution is -2.35. The van der Waals surface area contributed by atoms with Gasteiger partial charge in [-0.2, -0.15) is 9.57 Å². The number of aromatic amines is 1. The highest BCUT2D eigenvalue weighted by atomic mass is 32.2. The number of sulfonamides is 1. The Bertz CT molecular complexity index is 1360. The number of rotatable bonds is 6. The SMILES string of the molecule is CCc1cccc2c(/C=C(\C#N)C(=O)Nc3cccc(S(=O)(=O)N4CCCCC4)c3)c[nH]c12. The van der Waals surface area contributed by atoms with Crippen molar-refractivity contribution in [1.29, 1.82) is 5.26 Å². The van der Waals surface area contributed by atoms with E-state index in [1.54, 1.807) is 24.4 Å². The summed E-state index contributed by atoms with van der Waals surface area (Å²) >= 11 is 0. The average molecular weight is 463 g/mol. The maximum Gasteiger partial charge on any atom is 0.266 e. The molecule has 33 heavy (non-hydrogen) atoms. The number of nitrogens with zero attached hydrogens (tertiary/aromatic N) is 2. The zero-order chi connectivity index (χ0) is 23.4. The lowest BCUT2D eigenvalue weighted by atomic mass is 10.1. The van der Waals surface area contributed by atoms with Crippen LogP contribution in [-0.2, 0) is 21.2 Å². The summed E-state index contributed by atoms with van der Waals surface area (Å²) in [5.74, 6) is -0.592. The summed E-state index contributed by atoms with van der Waals surface area (Å²) in [7, 11) is -3.62. The van der Waals surface area contributed by atoms with Crippen molar-refractivity contribution in [2.75, 3.05) is 18.4 Å². The number of carbonyl (C=O) groups is 1. The van der Waals surface area contributed by atoms with E-state index >= 15 is 0 Å². The minimum atomic E-state index is -3.62. The lowest BCUT2D eigenvalue weighted by Gasteiger charge is -2.26. The number of fused-ring (bicyclic) bond motifs is 1. The van der Waals surface area contributed by atoms with Crippen molar-refractivity contribution in [1.82, 2.24) is 9.29 Å². The van der Waals surface area contributed by atoms with Crippen LogP contribution < -0.4 is 5.32 Å². The maximum atomic E-state index is 12.9. The fourth-order valence-electron chi connectivity index (χ4n) is 4.14. The minimum Gasteiger partial charge on any atom is -0.360 e. The molecule has 1 aliphatic heterocycles. The van der Waals surface area contributed by atoms with Gasteiger partial charge >= 0.3 is 0 Å². The molecule has 1 aliphatic rings. The van der Waals surface area contributed by atoms with Gasteiger partial charge in [0.05, 0.1) is 4.90 Å². The molecule has 0 radical (unpaired) electrons. The second-order valence-electron chi connectivity index (χ2n) is 8.05. The van der Waals surface area contributed by atoms with Gasteiger partial charge in [0.1, 0.15) is 11.6 Å². The summed E-state index contributed by atoms with van der Waals surface area (Å²) < 4.78 is 27.4. The van der Waals surface area contributed by atoms with Crippen molar-refractivity contribution in [3.05, 3.63) is 65.4 Å². The van der Waals surface area contributed by atoms with E-state index in [9.17, 15) is 18.5 Å². The summed E-state index contributed by atoms with van der Waals surface area (Å²) in [5.41, 5.74) is 3.14. The van der Waals surface area contributed by atoms with Crippen molar-refractivity contribution in [3.63, 3.8) is 0 Å². The molecule has 1 aromatic heterocycles. The standard InChI is InChI=1S/C25H26N4O3S/c1-2-18-8-6-11-23-20(17-27-24(18)23)14-19(16-26)25(30)28-21-9-7-10-22(15-21)33(31,32)29-12-4-3-5-13-29/h6-11,14-15,17,27H,2-5,12-13H2,1H3,(H,28,30)/b19-14+. The molecular weight excluding hydrogens is 436 g/mol. The topological polar surface area (TPSA) is 106 Å². The summed E-state index contributed by atoms with van der Waals surface area (Å²) in [6.45, 7) is 3.08. The highest BCUT2D eigenvalue weighted by Gasteiger charge is 2.26. The number of nitriles is 1. The second kappa shape index (κ2) is 9.61. The van der Waals surface area contributed by atoms with E-state index in [1.807, 2.05) is 24.3 Å². The summed E-state index contributed by atoms with van der Waals surface area (Å²) in [6.07, 6.45) is 6.91. The number of aryl methyl sites for hydroxylation is 1. The quantitative estimate of drug-likeness (QED) is 0.417. The number of carbonyl (C=O) groups excluding carboxylic acids is 1. The molecule has 0 unspecified atom stereocenters. The van der Waals surface area contributed by atoms with Crippen LogP contribution in [0.5, 0.6) is 0 Å². The first-order valence-electron chi connectivity index (χ1n) is 11.1. The van der Waals surface area contributed by atoms with E-state index in [0.29, 0.717) is 18.8 Å². The van der Waals surface area contributed by atoms with Crippen molar-refractivity contribution < 1.29 is 13.2 Å². The molecule has 0 saturated carbocycles. The van der Waals surface area contributed by atoms with Gasteiger partial charge in [0, 0.05) is 41.4 Å². The molecule has 0 spiro atoms. The zero-order valence-corrected chi connectivity index (χ0v) is 19.3. The van der Waals surface area contributed by atoms with Gasteiger partial charge in [0.2, 0.25) is 10.0 Å². The fraction of sp³-hybridized carbons (Fsp3) is 0.280. The smallest absolute Gasteiger partial charge is 0.266 e. The number of benzene rings is 2.